The van der Waals surface area contributed by atoms with Crippen molar-refractivity contribution < 1.29 is 14.3 Å². The van der Waals surface area contributed by atoms with Gasteiger partial charge in [-0.1, -0.05) is 25.3 Å². The Hall–Kier alpha value is -1.95. The van der Waals surface area contributed by atoms with Crippen molar-refractivity contribution in [2.75, 3.05) is 40.4 Å². The van der Waals surface area contributed by atoms with Gasteiger partial charge in [-0.3, -0.25) is 4.90 Å². The van der Waals surface area contributed by atoms with Gasteiger partial charge in [0.2, 0.25) is 0 Å². The van der Waals surface area contributed by atoms with Gasteiger partial charge in [-0.2, -0.15) is 0 Å². The molecule has 1 aliphatic carbocycles. The number of nitrogens with zero attached hydrogens (tertiary/aromatic N) is 2. The third-order valence-corrected chi connectivity index (χ3v) is 5.45. The normalized spacial score (nSPS) is 19.2. The predicted molar refractivity (Wildman–Crippen MR) is 102 cm³/mol. The molecular formula is C20H31N3O3. The molecule has 0 aromatic heterocycles. The molecule has 1 heterocycles. The molecule has 1 aliphatic heterocycles. The van der Waals surface area contributed by atoms with Crippen molar-refractivity contribution in [2.45, 2.75) is 44.7 Å². The SMILES string of the molecule is COc1ccc(CN2CCN(C(=O)NC3CCCCC3)CC2)cc1OC. The van der Waals surface area contributed by atoms with Gasteiger partial charge in [-0.25, -0.2) is 4.79 Å². The van der Waals surface area contributed by atoms with Gasteiger partial charge in [0, 0.05) is 38.8 Å². The van der Waals surface area contributed by atoms with Crippen molar-refractivity contribution in [2.24, 2.45) is 0 Å². The molecule has 1 saturated carbocycles. The average molecular weight is 361 g/mol. The molecule has 144 valence electrons. The minimum Gasteiger partial charge on any atom is -0.493 e. The molecule has 2 aliphatic rings. The average Bonchev–Trinajstić information content (AvgIpc) is 2.69. The number of hydrogen-bond donors (Lipinski definition) is 1. The fraction of sp³-hybridized carbons (Fsp3) is 0.650. The number of nitrogens with one attached hydrogen (secondary N) is 1. The minimum absolute atomic E-state index is 0.114. The lowest BCUT2D eigenvalue weighted by atomic mass is 9.96. The topological polar surface area (TPSA) is 54.0 Å². The Balaban J connectivity index is 1.46. The molecule has 0 unspecified atom stereocenters. The van der Waals surface area contributed by atoms with Gasteiger partial charge in [-0.15, -0.1) is 0 Å². The zero-order valence-electron chi connectivity index (χ0n) is 16.0. The highest BCUT2D eigenvalue weighted by atomic mass is 16.5. The number of carbonyl (C=O) groups excluding carboxylic acids is 1. The maximum Gasteiger partial charge on any atom is 0.317 e. The van der Waals surface area contributed by atoms with Crippen molar-refractivity contribution in [1.29, 1.82) is 0 Å². The molecule has 0 bridgehead atoms. The van der Waals surface area contributed by atoms with E-state index in [1.807, 2.05) is 17.0 Å². The molecule has 0 spiro atoms. The molecule has 1 saturated heterocycles. The number of rotatable bonds is 5. The smallest absolute Gasteiger partial charge is 0.317 e. The first-order valence-corrected chi connectivity index (χ1v) is 9.68. The maximum atomic E-state index is 12.5. The van der Waals surface area contributed by atoms with E-state index in [1.54, 1.807) is 14.2 Å². The van der Waals surface area contributed by atoms with Crippen LogP contribution in [0.15, 0.2) is 18.2 Å². The zero-order valence-corrected chi connectivity index (χ0v) is 16.0. The second kappa shape index (κ2) is 9.12. The number of urea groups is 1. The lowest BCUT2D eigenvalue weighted by molar-refractivity contribution is 0.132. The number of hydrogen-bond acceptors (Lipinski definition) is 4. The third-order valence-electron chi connectivity index (χ3n) is 5.45. The van der Waals surface area contributed by atoms with Crippen LogP contribution >= 0.6 is 0 Å². The number of methoxy groups -OCH3 is 2. The standard InChI is InChI=1S/C20H31N3O3/c1-25-18-9-8-16(14-19(18)26-2)15-22-10-12-23(13-11-22)20(24)21-17-6-4-3-5-7-17/h8-9,14,17H,3-7,10-13,15H2,1-2H3,(H,21,24). The van der Waals surface area contributed by atoms with Crippen molar-refractivity contribution in [3.8, 4) is 11.5 Å². The monoisotopic (exact) mass is 361 g/mol. The summed E-state index contributed by atoms with van der Waals surface area (Å²) >= 11 is 0. The van der Waals surface area contributed by atoms with Crippen LogP contribution in [0, 0.1) is 0 Å². The second-order valence-electron chi connectivity index (χ2n) is 7.24. The summed E-state index contributed by atoms with van der Waals surface area (Å²) < 4.78 is 10.7. The van der Waals surface area contributed by atoms with Crippen LogP contribution in [-0.4, -0.2) is 62.3 Å². The molecule has 0 atom stereocenters. The predicted octanol–water partition coefficient (Wildman–Crippen LogP) is 2.86. The van der Waals surface area contributed by atoms with Crippen molar-refractivity contribution >= 4 is 6.03 Å². The summed E-state index contributed by atoms with van der Waals surface area (Å²) in [6.45, 7) is 4.22. The Kier molecular flexibility index (Phi) is 6.61. The van der Waals surface area contributed by atoms with Crippen LogP contribution in [0.2, 0.25) is 0 Å². The Morgan fingerprint density at radius 1 is 1.04 bits per heavy atom. The van der Waals surface area contributed by atoms with Crippen molar-refractivity contribution in [3.63, 3.8) is 0 Å². The number of ether oxygens (including phenoxy) is 2. The second-order valence-corrected chi connectivity index (χ2v) is 7.24. The first-order chi connectivity index (χ1) is 12.7. The van der Waals surface area contributed by atoms with Crippen LogP contribution in [0.3, 0.4) is 0 Å². The summed E-state index contributed by atoms with van der Waals surface area (Å²) in [5.74, 6) is 1.51. The fourth-order valence-corrected chi connectivity index (χ4v) is 3.86. The van der Waals surface area contributed by atoms with E-state index in [4.69, 9.17) is 9.47 Å². The zero-order chi connectivity index (χ0) is 18.4. The van der Waals surface area contributed by atoms with Crippen LogP contribution in [0.25, 0.3) is 0 Å². The molecule has 0 radical (unpaired) electrons. The van der Waals surface area contributed by atoms with E-state index in [2.05, 4.69) is 16.3 Å². The molecule has 6 heteroatoms. The van der Waals surface area contributed by atoms with Crippen LogP contribution < -0.4 is 14.8 Å². The number of carbonyl (C=O) groups is 1. The van der Waals surface area contributed by atoms with Gasteiger partial charge in [0.25, 0.3) is 0 Å². The number of benzene rings is 1. The van der Waals surface area contributed by atoms with Gasteiger partial charge in [0.15, 0.2) is 11.5 Å². The Morgan fingerprint density at radius 3 is 2.38 bits per heavy atom. The van der Waals surface area contributed by atoms with Gasteiger partial charge in [0.1, 0.15) is 0 Å². The summed E-state index contributed by atoms with van der Waals surface area (Å²) in [6.07, 6.45) is 6.05. The fourth-order valence-electron chi connectivity index (χ4n) is 3.86. The summed E-state index contributed by atoms with van der Waals surface area (Å²) in [4.78, 5) is 16.8. The molecule has 26 heavy (non-hydrogen) atoms. The lowest BCUT2D eigenvalue weighted by Gasteiger charge is -2.36. The quantitative estimate of drug-likeness (QED) is 0.876. The van der Waals surface area contributed by atoms with Gasteiger partial charge >= 0.3 is 6.03 Å². The third kappa shape index (κ3) is 4.81. The molecule has 1 aromatic carbocycles. The van der Waals surface area contributed by atoms with Crippen LogP contribution in [0.5, 0.6) is 11.5 Å². The maximum absolute atomic E-state index is 12.5. The van der Waals surface area contributed by atoms with Crippen molar-refractivity contribution in [1.82, 2.24) is 15.1 Å². The Bertz CT molecular complexity index is 594. The minimum atomic E-state index is 0.114. The highest BCUT2D eigenvalue weighted by molar-refractivity contribution is 5.74. The van der Waals surface area contributed by atoms with Gasteiger partial charge in [0.05, 0.1) is 14.2 Å². The van der Waals surface area contributed by atoms with Crippen LogP contribution in [-0.2, 0) is 6.54 Å². The summed E-state index contributed by atoms with van der Waals surface area (Å²) in [7, 11) is 3.31. The first-order valence-electron chi connectivity index (χ1n) is 9.68. The highest BCUT2D eigenvalue weighted by Crippen LogP contribution is 2.28. The molecule has 1 N–H and O–H groups in total. The van der Waals surface area contributed by atoms with E-state index < -0.39 is 0 Å². The summed E-state index contributed by atoms with van der Waals surface area (Å²) in [5, 5.41) is 3.22. The van der Waals surface area contributed by atoms with E-state index in [1.165, 1.54) is 24.8 Å². The Labute approximate surface area is 156 Å². The van der Waals surface area contributed by atoms with E-state index >= 15 is 0 Å². The Morgan fingerprint density at radius 2 is 1.73 bits per heavy atom. The summed E-state index contributed by atoms with van der Waals surface area (Å²) in [6, 6.07) is 6.54. The highest BCUT2D eigenvalue weighted by Gasteiger charge is 2.24. The van der Waals surface area contributed by atoms with E-state index in [0.29, 0.717) is 6.04 Å². The van der Waals surface area contributed by atoms with E-state index in [9.17, 15) is 4.79 Å². The number of piperazine rings is 1. The first kappa shape index (κ1) is 18.8. The molecule has 6 nitrogen and oxygen atoms in total. The molecule has 1 aromatic rings. The lowest BCUT2D eigenvalue weighted by Crippen LogP contribution is -2.53. The van der Waals surface area contributed by atoms with Crippen LogP contribution in [0.4, 0.5) is 4.79 Å². The van der Waals surface area contributed by atoms with Gasteiger partial charge < -0.3 is 19.7 Å². The van der Waals surface area contributed by atoms with E-state index in [-0.39, 0.29) is 6.03 Å². The van der Waals surface area contributed by atoms with Crippen LogP contribution in [0.1, 0.15) is 37.7 Å². The molecule has 3 rings (SSSR count). The molecule has 2 amide bonds. The van der Waals surface area contributed by atoms with E-state index in [0.717, 1.165) is 57.1 Å². The number of amides is 2. The summed E-state index contributed by atoms with van der Waals surface area (Å²) in [5.41, 5.74) is 1.20. The van der Waals surface area contributed by atoms with Crippen molar-refractivity contribution in [3.05, 3.63) is 23.8 Å². The molecule has 2 fully saturated rings. The largest absolute Gasteiger partial charge is 0.493 e. The molecular weight excluding hydrogens is 330 g/mol. The van der Waals surface area contributed by atoms with Gasteiger partial charge in [-0.05, 0) is 30.5 Å².